The molecular weight excluding hydrogens is 348 g/mol. The molecule has 0 radical (unpaired) electrons. The molecule has 7 nitrogen and oxygen atoms in total. The molecule has 0 unspecified atom stereocenters. The van der Waals surface area contributed by atoms with Crippen molar-refractivity contribution in [2.45, 2.75) is 43.5 Å². The molecule has 2 rings (SSSR count). The minimum atomic E-state index is -3.74. The van der Waals surface area contributed by atoms with E-state index in [1.54, 1.807) is 13.8 Å². The number of sulfonamides is 1. The van der Waals surface area contributed by atoms with Crippen LogP contribution in [0.25, 0.3) is 0 Å². The summed E-state index contributed by atoms with van der Waals surface area (Å²) < 4.78 is 27.1. The lowest BCUT2D eigenvalue weighted by molar-refractivity contribution is -0.115. The molecule has 2 aromatic rings. The van der Waals surface area contributed by atoms with E-state index in [0.717, 1.165) is 23.3 Å². The van der Waals surface area contributed by atoms with Crippen molar-refractivity contribution in [3.05, 3.63) is 35.9 Å². The number of carbonyl (C=O) groups is 1. The fraction of sp³-hybridized carbons (Fsp3) is 0.400. The van der Waals surface area contributed by atoms with Crippen molar-refractivity contribution in [1.82, 2.24) is 14.9 Å². The third kappa shape index (κ3) is 5.36. The van der Waals surface area contributed by atoms with Crippen LogP contribution in [0.1, 0.15) is 32.3 Å². The second-order valence-corrected chi connectivity index (χ2v) is 8.19. The summed E-state index contributed by atoms with van der Waals surface area (Å²) in [5.41, 5.74) is 1.16. The van der Waals surface area contributed by atoms with Gasteiger partial charge in [0.2, 0.25) is 15.4 Å². The van der Waals surface area contributed by atoms with Crippen LogP contribution in [0.4, 0.5) is 5.13 Å². The average Bonchev–Trinajstić information content (AvgIpc) is 3.03. The minimum absolute atomic E-state index is 0.152. The molecule has 0 aliphatic carbocycles. The standard InChI is InChI=1S/C15H20N4O3S2/c1-3-13(20)16-14-17-18-15(23-14)24(21,22)19-11(2)9-10-12-7-5-4-6-8-12/h4-8,11,19H,3,9-10H2,1-2H3,(H,16,17,20)/t11-/m1/s1. The van der Waals surface area contributed by atoms with Crippen LogP contribution in [0, 0.1) is 0 Å². The van der Waals surface area contributed by atoms with E-state index >= 15 is 0 Å². The first-order chi connectivity index (χ1) is 11.4. The number of aryl methyl sites for hydroxylation is 1. The highest BCUT2D eigenvalue weighted by Crippen LogP contribution is 2.20. The first kappa shape index (κ1) is 18.5. The fourth-order valence-electron chi connectivity index (χ4n) is 1.98. The Hall–Kier alpha value is -1.84. The van der Waals surface area contributed by atoms with Crippen LogP contribution in [0.5, 0.6) is 0 Å². The van der Waals surface area contributed by atoms with Gasteiger partial charge < -0.3 is 5.32 Å². The summed E-state index contributed by atoms with van der Waals surface area (Å²) in [6.45, 7) is 3.51. The lowest BCUT2D eigenvalue weighted by Gasteiger charge is -2.12. The molecule has 0 fully saturated rings. The van der Waals surface area contributed by atoms with Gasteiger partial charge in [-0.3, -0.25) is 4.79 Å². The fourth-order valence-corrected chi connectivity index (χ4v) is 4.19. The van der Waals surface area contributed by atoms with E-state index in [4.69, 9.17) is 0 Å². The second kappa shape index (κ2) is 8.32. The summed E-state index contributed by atoms with van der Waals surface area (Å²) >= 11 is 0.835. The van der Waals surface area contributed by atoms with Gasteiger partial charge in [0.05, 0.1) is 0 Å². The van der Waals surface area contributed by atoms with Gasteiger partial charge in [0.25, 0.3) is 10.0 Å². The van der Waals surface area contributed by atoms with Gasteiger partial charge in [-0.15, -0.1) is 10.2 Å². The van der Waals surface area contributed by atoms with Crippen molar-refractivity contribution in [1.29, 1.82) is 0 Å². The highest BCUT2D eigenvalue weighted by atomic mass is 32.2. The number of hydrogen-bond donors (Lipinski definition) is 2. The Labute approximate surface area is 145 Å². The number of nitrogens with one attached hydrogen (secondary N) is 2. The Bertz CT molecular complexity index is 775. The van der Waals surface area contributed by atoms with Crippen LogP contribution >= 0.6 is 11.3 Å². The van der Waals surface area contributed by atoms with Gasteiger partial charge in [-0.25, -0.2) is 13.1 Å². The third-order valence-corrected chi connectivity index (χ3v) is 6.06. The summed E-state index contributed by atoms with van der Waals surface area (Å²) in [4.78, 5) is 11.3. The molecule has 0 spiro atoms. The van der Waals surface area contributed by atoms with Gasteiger partial charge in [-0.05, 0) is 25.3 Å². The summed E-state index contributed by atoms with van der Waals surface area (Å²) in [6.07, 6.45) is 1.73. The molecule has 130 valence electrons. The van der Waals surface area contributed by atoms with Crippen LogP contribution in [0.2, 0.25) is 0 Å². The number of nitrogens with zero attached hydrogens (tertiary/aromatic N) is 2. The van der Waals surface area contributed by atoms with E-state index in [1.807, 2.05) is 30.3 Å². The van der Waals surface area contributed by atoms with Crippen molar-refractivity contribution in [3.63, 3.8) is 0 Å². The van der Waals surface area contributed by atoms with E-state index in [1.165, 1.54) is 0 Å². The largest absolute Gasteiger partial charge is 0.301 e. The molecule has 0 saturated heterocycles. The summed E-state index contributed by atoms with van der Waals surface area (Å²) in [5, 5.41) is 10.0. The van der Waals surface area contributed by atoms with E-state index in [-0.39, 0.29) is 27.8 Å². The van der Waals surface area contributed by atoms with Crippen LogP contribution in [0.15, 0.2) is 34.7 Å². The zero-order valence-corrected chi connectivity index (χ0v) is 15.2. The number of anilines is 1. The molecule has 0 saturated carbocycles. The van der Waals surface area contributed by atoms with Gasteiger partial charge in [-0.1, -0.05) is 48.6 Å². The maximum atomic E-state index is 12.3. The van der Waals surface area contributed by atoms with E-state index in [9.17, 15) is 13.2 Å². The van der Waals surface area contributed by atoms with E-state index < -0.39 is 10.0 Å². The second-order valence-electron chi connectivity index (χ2n) is 5.32. The van der Waals surface area contributed by atoms with Crippen molar-refractivity contribution in [2.75, 3.05) is 5.32 Å². The molecule has 0 aliphatic rings. The van der Waals surface area contributed by atoms with E-state index in [2.05, 4.69) is 20.2 Å². The number of rotatable bonds is 8. The molecule has 1 aromatic carbocycles. The van der Waals surface area contributed by atoms with Gasteiger partial charge in [0.15, 0.2) is 0 Å². The maximum Gasteiger partial charge on any atom is 0.270 e. The monoisotopic (exact) mass is 368 g/mol. The van der Waals surface area contributed by atoms with Crippen LogP contribution in [-0.4, -0.2) is 30.6 Å². The van der Waals surface area contributed by atoms with Gasteiger partial charge >= 0.3 is 0 Å². The molecule has 0 aliphatic heterocycles. The topological polar surface area (TPSA) is 101 Å². The highest BCUT2D eigenvalue weighted by Gasteiger charge is 2.22. The number of aromatic nitrogens is 2. The number of carbonyl (C=O) groups excluding carboxylic acids is 1. The van der Waals surface area contributed by atoms with Crippen LogP contribution < -0.4 is 10.0 Å². The van der Waals surface area contributed by atoms with Crippen molar-refractivity contribution in [2.24, 2.45) is 0 Å². The predicted molar refractivity (Wildman–Crippen MR) is 93.4 cm³/mol. The van der Waals surface area contributed by atoms with Crippen LogP contribution in [0.3, 0.4) is 0 Å². The van der Waals surface area contributed by atoms with E-state index in [0.29, 0.717) is 6.42 Å². The third-order valence-electron chi connectivity index (χ3n) is 3.27. The zero-order chi connectivity index (χ0) is 17.6. The van der Waals surface area contributed by atoms with Gasteiger partial charge in [-0.2, -0.15) is 0 Å². The Morgan fingerprint density at radius 3 is 2.62 bits per heavy atom. The quantitative estimate of drug-likeness (QED) is 0.696. The summed E-state index contributed by atoms with van der Waals surface area (Å²) in [5.74, 6) is -0.237. The lowest BCUT2D eigenvalue weighted by Crippen LogP contribution is -2.32. The molecule has 0 bridgehead atoms. The Morgan fingerprint density at radius 2 is 1.96 bits per heavy atom. The molecule has 1 aromatic heterocycles. The predicted octanol–water partition coefficient (Wildman–Crippen LogP) is 2.19. The van der Waals surface area contributed by atoms with Crippen LogP contribution in [-0.2, 0) is 21.2 Å². The number of benzene rings is 1. The number of amides is 1. The number of hydrogen-bond acceptors (Lipinski definition) is 6. The van der Waals surface area contributed by atoms with Crippen molar-refractivity contribution >= 4 is 32.4 Å². The molecule has 1 atom stereocenters. The SMILES string of the molecule is CCC(=O)Nc1nnc(S(=O)(=O)N[C@H](C)CCc2ccccc2)s1. The molecule has 9 heteroatoms. The minimum Gasteiger partial charge on any atom is -0.301 e. The zero-order valence-electron chi connectivity index (χ0n) is 13.5. The molecule has 24 heavy (non-hydrogen) atoms. The Morgan fingerprint density at radius 1 is 1.25 bits per heavy atom. The Kier molecular flexibility index (Phi) is 6.41. The smallest absolute Gasteiger partial charge is 0.270 e. The maximum absolute atomic E-state index is 12.3. The first-order valence-electron chi connectivity index (χ1n) is 7.60. The lowest BCUT2D eigenvalue weighted by atomic mass is 10.1. The summed E-state index contributed by atoms with van der Waals surface area (Å²) in [6, 6.07) is 9.63. The van der Waals surface area contributed by atoms with Crippen molar-refractivity contribution in [3.8, 4) is 0 Å². The normalized spacial score (nSPS) is 12.8. The molecule has 2 N–H and O–H groups in total. The highest BCUT2D eigenvalue weighted by molar-refractivity contribution is 7.91. The average molecular weight is 368 g/mol. The first-order valence-corrected chi connectivity index (χ1v) is 9.90. The molecule has 1 heterocycles. The summed E-state index contributed by atoms with van der Waals surface area (Å²) in [7, 11) is -3.74. The molecular formula is C15H20N4O3S2. The Balaban J connectivity index is 1.93. The molecule has 1 amide bonds. The van der Waals surface area contributed by atoms with Gasteiger partial charge in [0.1, 0.15) is 0 Å². The van der Waals surface area contributed by atoms with Gasteiger partial charge in [0, 0.05) is 12.5 Å². The van der Waals surface area contributed by atoms with Crippen molar-refractivity contribution < 1.29 is 13.2 Å².